The molecule has 1 aliphatic rings. The van der Waals surface area contributed by atoms with Crippen LogP contribution in [0.25, 0.3) is 21.7 Å². The van der Waals surface area contributed by atoms with Gasteiger partial charge in [-0.25, -0.2) is 4.79 Å². The number of halogens is 1. The van der Waals surface area contributed by atoms with E-state index in [9.17, 15) is 4.79 Å². The number of fused-ring (bicyclic) bond motifs is 5. The lowest BCUT2D eigenvalue weighted by Crippen LogP contribution is -2.32. The van der Waals surface area contributed by atoms with E-state index in [2.05, 4.69) is 0 Å². The molecule has 0 fully saturated rings. The summed E-state index contributed by atoms with van der Waals surface area (Å²) in [6.07, 6.45) is 0. The molecule has 3 aromatic carbocycles. The molecule has 0 amide bonds. The molecule has 0 N–H and O–H groups in total. The Morgan fingerprint density at radius 3 is 2.50 bits per heavy atom. The van der Waals surface area contributed by atoms with Gasteiger partial charge in [-0.1, -0.05) is 29.8 Å². The van der Waals surface area contributed by atoms with E-state index in [0.29, 0.717) is 46.5 Å². The summed E-state index contributed by atoms with van der Waals surface area (Å²) in [7, 11) is 3.14. The standard InChI is InChI=1S/C23H18ClNO5/c1-27-20-10-21(28-2)18(9-17(20)24)25-11-16-19(29-12-25)8-7-14-13-5-3-4-6-15(13)23(26)30-22(14)16/h3-10H,11-12H2,1-2H3. The first-order valence-electron chi connectivity index (χ1n) is 9.37. The molecule has 5 rings (SSSR count). The summed E-state index contributed by atoms with van der Waals surface area (Å²) in [6, 6.07) is 14.8. The van der Waals surface area contributed by atoms with E-state index in [1.807, 2.05) is 35.2 Å². The molecule has 0 bridgehead atoms. The van der Waals surface area contributed by atoms with Crippen molar-refractivity contribution < 1.29 is 18.6 Å². The van der Waals surface area contributed by atoms with Gasteiger partial charge >= 0.3 is 5.63 Å². The summed E-state index contributed by atoms with van der Waals surface area (Å²) in [5.41, 5.74) is 1.72. The van der Waals surface area contributed by atoms with Gasteiger partial charge in [0.2, 0.25) is 0 Å². The SMILES string of the molecule is COc1cc(OC)c(N2COc3ccc4c(oc(=O)c5ccccc54)c3C2)cc1Cl. The molecule has 30 heavy (non-hydrogen) atoms. The van der Waals surface area contributed by atoms with E-state index in [-0.39, 0.29) is 5.63 Å². The highest BCUT2D eigenvalue weighted by Crippen LogP contribution is 2.41. The van der Waals surface area contributed by atoms with Gasteiger partial charge in [0.15, 0.2) is 6.73 Å². The number of ether oxygens (including phenoxy) is 3. The Kier molecular flexibility index (Phi) is 4.44. The lowest BCUT2D eigenvalue weighted by atomic mass is 10.0. The van der Waals surface area contributed by atoms with Gasteiger partial charge in [0, 0.05) is 11.5 Å². The second kappa shape index (κ2) is 7.15. The Morgan fingerprint density at radius 1 is 0.967 bits per heavy atom. The Hall–Kier alpha value is -3.38. The van der Waals surface area contributed by atoms with Crippen LogP contribution in [0.3, 0.4) is 0 Å². The van der Waals surface area contributed by atoms with Crippen LogP contribution in [-0.2, 0) is 6.54 Å². The Balaban J connectivity index is 1.67. The number of hydrogen-bond acceptors (Lipinski definition) is 6. The van der Waals surface area contributed by atoms with E-state index in [4.69, 9.17) is 30.2 Å². The van der Waals surface area contributed by atoms with Crippen LogP contribution in [-0.4, -0.2) is 21.0 Å². The zero-order valence-electron chi connectivity index (χ0n) is 16.4. The highest BCUT2D eigenvalue weighted by Gasteiger charge is 2.25. The van der Waals surface area contributed by atoms with Crippen molar-refractivity contribution in [3.05, 3.63) is 69.5 Å². The molecule has 152 valence electrons. The van der Waals surface area contributed by atoms with Crippen LogP contribution in [0.15, 0.2) is 57.7 Å². The first-order chi connectivity index (χ1) is 14.6. The van der Waals surface area contributed by atoms with Crippen LogP contribution in [0.5, 0.6) is 17.2 Å². The maximum absolute atomic E-state index is 12.6. The number of hydrogen-bond donors (Lipinski definition) is 0. The second-order valence-corrected chi connectivity index (χ2v) is 7.39. The largest absolute Gasteiger partial charge is 0.495 e. The minimum atomic E-state index is -0.367. The highest BCUT2D eigenvalue weighted by atomic mass is 35.5. The molecule has 0 aliphatic carbocycles. The van der Waals surface area contributed by atoms with Crippen molar-refractivity contribution >= 4 is 39.0 Å². The third-order valence-electron chi connectivity index (χ3n) is 5.37. The van der Waals surface area contributed by atoms with Crippen LogP contribution in [0, 0.1) is 0 Å². The van der Waals surface area contributed by atoms with Crippen molar-refractivity contribution in [2.45, 2.75) is 6.54 Å². The quantitative estimate of drug-likeness (QED) is 0.342. The summed E-state index contributed by atoms with van der Waals surface area (Å²) in [5, 5.41) is 2.75. The average molecular weight is 424 g/mol. The Labute approximate surface area is 177 Å². The highest BCUT2D eigenvalue weighted by molar-refractivity contribution is 6.32. The normalized spacial score (nSPS) is 13.2. The molecular weight excluding hydrogens is 406 g/mol. The van der Waals surface area contributed by atoms with Gasteiger partial charge in [-0.05, 0) is 29.7 Å². The van der Waals surface area contributed by atoms with E-state index in [1.54, 1.807) is 32.4 Å². The summed E-state index contributed by atoms with van der Waals surface area (Å²) >= 11 is 6.35. The fourth-order valence-corrected chi connectivity index (χ4v) is 4.13. The van der Waals surface area contributed by atoms with Gasteiger partial charge in [-0.15, -0.1) is 0 Å². The van der Waals surface area contributed by atoms with Crippen molar-refractivity contribution in [3.63, 3.8) is 0 Å². The molecule has 6 nitrogen and oxygen atoms in total. The monoisotopic (exact) mass is 423 g/mol. The summed E-state index contributed by atoms with van der Waals surface area (Å²) in [6.45, 7) is 0.766. The molecule has 2 heterocycles. The maximum atomic E-state index is 12.6. The van der Waals surface area contributed by atoms with Gasteiger partial charge < -0.3 is 23.5 Å². The molecule has 0 saturated heterocycles. The van der Waals surface area contributed by atoms with Crippen molar-refractivity contribution in [1.29, 1.82) is 0 Å². The van der Waals surface area contributed by atoms with E-state index in [0.717, 1.165) is 22.0 Å². The van der Waals surface area contributed by atoms with Crippen LogP contribution < -0.4 is 24.7 Å². The van der Waals surface area contributed by atoms with Gasteiger partial charge in [0.05, 0.1) is 42.4 Å². The summed E-state index contributed by atoms with van der Waals surface area (Å²) in [4.78, 5) is 14.5. The Morgan fingerprint density at radius 2 is 1.73 bits per heavy atom. The van der Waals surface area contributed by atoms with Crippen molar-refractivity contribution in [2.24, 2.45) is 0 Å². The topological polar surface area (TPSA) is 61.1 Å². The molecule has 0 spiro atoms. The van der Waals surface area contributed by atoms with Gasteiger partial charge in [0.1, 0.15) is 22.8 Å². The second-order valence-electron chi connectivity index (χ2n) is 6.98. The minimum absolute atomic E-state index is 0.301. The predicted molar refractivity (Wildman–Crippen MR) is 116 cm³/mol. The minimum Gasteiger partial charge on any atom is -0.495 e. The zero-order chi connectivity index (χ0) is 20.8. The molecule has 4 aromatic rings. The first kappa shape index (κ1) is 18.6. The number of benzene rings is 3. The van der Waals surface area contributed by atoms with Crippen molar-refractivity contribution in [2.75, 3.05) is 25.9 Å². The van der Waals surface area contributed by atoms with Crippen LogP contribution in [0.2, 0.25) is 5.02 Å². The predicted octanol–water partition coefficient (Wildman–Crippen LogP) is 4.97. The van der Waals surface area contributed by atoms with Crippen molar-refractivity contribution in [1.82, 2.24) is 0 Å². The van der Waals surface area contributed by atoms with E-state index < -0.39 is 0 Å². The van der Waals surface area contributed by atoms with E-state index >= 15 is 0 Å². The van der Waals surface area contributed by atoms with E-state index in [1.165, 1.54) is 0 Å². The first-order valence-corrected chi connectivity index (χ1v) is 9.75. The zero-order valence-corrected chi connectivity index (χ0v) is 17.2. The van der Waals surface area contributed by atoms with Crippen LogP contribution in [0.4, 0.5) is 5.69 Å². The fourth-order valence-electron chi connectivity index (χ4n) is 3.90. The lowest BCUT2D eigenvalue weighted by Gasteiger charge is -2.32. The smallest absolute Gasteiger partial charge is 0.344 e. The lowest BCUT2D eigenvalue weighted by molar-refractivity contribution is 0.287. The van der Waals surface area contributed by atoms with Crippen LogP contribution in [0.1, 0.15) is 5.56 Å². The average Bonchev–Trinajstić information content (AvgIpc) is 2.78. The number of methoxy groups -OCH3 is 2. The molecule has 1 aliphatic heterocycles. The summed E-state index contributed by atoms with van der Waals surface area (Å²) < 4.78 is 22.5. The maximum Gasteiger partial charge on any atom is 0.344 e. The number of nitrogens with zero attached hydrogens (tertiary/aromatic N) is 1. The van der Waals surface area contributed by atoms with Crippen LogP contribution >= 0.6 is 11.6 Å². The summed E-state index contributed by atoms with van der Waals surface area (Å²) in [5.74, 6) is 1.82. The molecular formula is C23H18ClNO5. The molecule has 7 heteroatoms. The van der Waals surface area contributed by atoms with Gasteiger partial charge in [0.25, 0.3) is 0 Å². The Bertz CT molecular complexity index is 1350. The molecule has 1 aromatic heterocycles. The fraction of sp³-hybridized carbons (Fsp3) is 0.174. The third kappa shape index (κ3) is 2.83. The number of rotatable bonds is 3. The van der Waals surface area contributed by atoms with Crippen molar-refractivity contribution in [3.8, 4) is 17.2 Å². The molecule has 0 atom stereocenters. The molecule has 0 unspecified atom stereocenters. The number of anilines is 1. The van der Waals surface area contributed by atoms with Gasteiger partial charge in [-0.3, -0.25) is 0 Å². The molecule has 0 radical (unpaired) electrons. The third-order valence-corrected chi connectivity index (χ3v) is 5.66. The van der Waals surface area contributed by atoms with Gasteiger partial charge in [-0.2, -0.15) is 0 Å². The molecule has 0 saturated carbocycles.